The number of pyridine rings is 1. The first-order valence-electron chi connectivity index (χ1n) is 10.6. The number of halogens is 2. The molecule has 3 aromatic carbocycles. The second-order valence-corrected chi connectivity index (χ2v) is 8.76. The van der Waals surface area contributed by atoms with Crippen molar-refractivity contribution < 1.29 is 14.7 Å². The summed E-state index contributed by atoms with van der Waals surface area (Å²) in [4.78, 5) is 32.2. The predicted molar refractivity (Wildman–Crippen MR) is 132 cm³/mol. The molecule has 1 fully saturated rings. The monoisotopic (exact) mass is 488 g/mol. The second-order valence-electron chi connectivity index (χ2n) is 7.95. The van der Waals surface area contributed by atoms with Crippen molar-refractivity contribution in [3.05, 3.63) is 117 Å². The molecule has 1 amide bonds. The minimum absolute atomic E-state index is 0.00401. The number of fused-ring (bicyclic) bond motifs is 1. The maximum Gasteiger partial charge on any atom is 0.296 e. The summed E-state index contributed by atoms with van der Waals surface area (Å²) in [6.07, 6.45) is 1.62. The lowest BCUT2D eigenvalue weighted by Crippen LogP contribution is -2.29. The molecule has 5 nitrogen and oxygen atoms in total. The molecule has 0 aliphatic carbocycles. The van der Waals surface area contributed by atoms with Crippen molar-refractivity contribution in [2.24, 2.45) is 0 Å². The first-order valence-corrected chi connectivity index (χ1v) is 11.3. The molecule has 2 heterocycles. The van der Waals surface area contributed by atoms with Gasteiger partial charge in [-0.1, -0.05) is 77.8 Å². The van der Waals surface area contributed by atoms with Crippen LogP contribution in [0.25, 0.3) is 16.5 Å². The number of hydrogen-bond donors (Lipinski definition) is 1. The molecule has 168 valence electrons. The number of nitrogens with zero attached hydrogens (tertiary/aromatic N) is 2. The van der Waals surface area contributed by atoms with Crippen molar-refractivity contribution in [1.82, 2.24) is 9.88 Å². The number of hydrogen-bond acceptors (Lipinski definition) is 4. The van der Waals surface area contributed by atoms with E-state index in [0.717, 1.165) is 10.8 Å². The molecule has 1 aromatic heterocycles. The molecular weight excluding hydrogens is 471 g/mol. The summed E-state index contributed by atoms with van der Waals surface area (Å²) in [6, 6.07) is 22.4. The number of Topliss-reactive ketones (excluding diaryl/α,β-unsaturated/α-hetero) is 1. The van der Waals surface area contributed by atoms with E-state index in [9.17, 15) is 14.7 Å². The average molecular weight is 489 g/mol. The highest BCUT2D eigenvalue weighted by atomic mass is 35.5. The maximum absolute atomic E-state index is 13.3. The van der Waals surface area contributed by atoms with Gasteiger partial charge >= 0.3 is 0 Å². The topological polar surface area (TPSA) is 70.5 Å². The zero-order valence-corrected chi connectivity index (χ0v) is 19.3. The Morgan fingerprint density at radius 1 is 0.912 bits per heavy atom. The van der Waals surface area contributed by atoms with Gasteiger partial charge in [0.05, 0.1) is 33.9 Å². The number of benzene rings is 3. The number of aromatic nitrogens is 1. The van der Waals surface area contributed by atoms with Crippen molar-refractivity contribution in [2.45, 2.75) is 12.6 Å². The fraction of sp³-hybridized carbons (Fsp3) is 0.0741. The maximum atomic E-state index is 13.3. The molecule has 4 aromatic rings. The minimum atomic E-state index is -0.865. The first kappa shape index (κ1) is 22.1. The zero-order chi connectivity index (χ0) is 23.8. The van der Waals surface area contributed by atoms with Crippen LogP contribution in [0.15, 0.2) is 90.6 Å². The number of aliphatic hydroxyl groups excluding tert-OH is 1. The third-order valence-corrected chi connectivity index (χ3v) is 6.64. The highest BCUT2D eigenvalue weighted by Gasteiger charge is 2.46. The second kappa shape index (κ2) is 8.93. The number of carbonyl (C=O) groups is 2. The Labute approximate surface area is 205 Å². The van der Waals surface area contributed by atoms with Crippen molar-refractivity contribution in [3.8, 4) is 0 Å². The smallest absolute Gasteiger partial charge is 0.296 e. The molecule has 1 aliphatic rings. The molecule has 1 unspecified atom stereocenters. The van der Waals surface area contributed by atoms with Gasteiger partial charge < -0.3 is 10.0 Å². The third kappa shape index (κ3) is 3.83. The molecule has 7 heteroatoms. The van der Waals surface area contributed by atoms with Gasteiger partial charge in [-0.05, 0) is 40.6 Å². The number of rotatable bonds is 4. The number of aliphatic hydroxyl groups is 1. The van der Waals surface area contributed by atoms with E-state index in [-0.39, 0.29) is 22.9 Å². The quantitative estimate of drug-likeness (QED) is 0.212. The van der Waals surface area contributed by atoms with E-state index >= 15 is 0 Å². The Morgan fingerprint density at radius 2 is 1.68 bits per heavy atom. The highest BCUT2D eigenvalue weighted by Crippen LogP contribution is 2.42. The normalized spacial score (nSPS) is 17.5. The average Bonchev–Trinajstić information content (AvgIpc) is 3.10. The molecule has 0 spiro atoms. The zero-order valence-electron chi connectivity index (χ0n) is 17.8. The SMILES string of the molecule is O=C1C(=O)N(Cc2ccccn2)C(c2ccc(Cl)c(Cl)c2)/C1=C(/O)c1cccc2ccccc12. The molecule has 1 N–H and O–H groups in total. The van der Waals surface area contributed by atoms with Gasteiger partial charge in [0.1, 0.15) is 5.76 Å². The van der Waals surface area contributed by atoms with E-state index in [1.54, 1.807) is 48.7 Å². The summed E-state index contributed by atoms with van der Waals surface area (Å²) >= 11 is 12.4. The molecule has 0 bridgehead atoms. The molecule has 1 atom stereocenters. The van der Waals surface area contributed by atoms with Crippen LogP contribution in [-0.4, -0.2) is 26.7 Å². The van der Waals surface area contributed by atoms with Crippen LogP contribution in [0.5, 0.6) is 0 Å². The standard InChI is InChI=1S/C27H18Cl2N2O3/c28-21-12-11-17(14-22(21)29)24-23(25(32)20-10-5-7-16-6-1-2-9-19(16)20)26(33)27(34)31(24)15-18-8-3-4-13-30-18/h1-14,24,32H,15H2/b25-23-. The molecule has 5 rings (SSSR count). The van der Waals surface area contributed by atoms with Crippen molar-refractivity contribution in [2.75, 3.05) is 0 Å². The molecule has 0 saturated carbocycles. The fourth-order valence-corrected chi connectivity index (χ4v) is 4.62. The molecular formula is C27H18Cl2N2O3. The van der Waals surface area contributed by atoms with Gasteiger partial charge in [-0.2, -0.15) is 0 Å². The molecule has 0 radical (unpaired) electrons. The van der Waals surface area contributed by atoms with E-state index in [0.29, 0.717) is 21.8 Å². The third-order valence-electron chi connectivity index (χ3n) is 5.90. The fourth-order valence-electron chi connectivity index (χ4n) is 4.32. The van der Waals surface area contributed by atoms with Gasteiger partial charge in [-0.25, -0.2) is 0 Å². The molecule has 34 heavy (non-hydrogen) atoms. The Kier molecular flexibility index (Phi) is 5.82. The lowest BCUT2D eigenvalue weighted by molar-refractivity contribution is -0.140. The van der Waals surface area contributed by atoms with E-state index in [4.69, 9.17) is 23.2 Å². The van der Waals surface area contributed by atoms with Crippen LogP contribution < -0.4 is 0 Å². The van der Waals surface area contributed by atoms with Crippen LogP contribution in [0, 0.1) is 0 Å². The number of likely N-dealkylation sites (tertiary alicyclic amines) is 1. The summed E-state index contributed by atoms with van der Waals surface area (Å²) in [5.41, 5.74) is 1.64. The van der Waals surface area contributed by atoms with Crippen LogP contribution in [0.4, 0.5) is 0 Å². The van der Waals surface area contributed by atoms with Crippen molar-refractivity contribution in [1.29, 1.82) is 0 Å². The summed E-state index contributed by atoms with van der Waals surface area (Å²) in [5.74, 6) is -1.73. The van der Waals surface area contributed by atoms with Crippen molar-refractivity contribution >= 4 is 51.4 Å². The number of ketones is 1. The van der Waals surface area contributed by atoms with Crippen LogP contribution >= 0.6 is 23.2 Å². The van der Waals surface area contributed by atoms with Crippen LogP contribution in [0.1, 0.15) is 22.9 Å². The Hall–Kier alpha value is -3.67. The Morgan fingerprint density at radius 3 is 2.44 bits per heavy atom. The van der Waals surface area contributed by atoms with Gasteiger partial charge in [0.2, 0.25) is 0 Å². The number of amides is 1. The van der Waals surface area contributed by atoms with Gasteiger partial charge in [0.15, 0.2) is 0 Å². The lowest BCUT2D eigenvalue weighted by atomic mass is 9.93. The van der Waals surface area contributed by atoms with E-state index in [2.05, 4.69) is 4.98 Å². The van der Waals surface area contributed by atoms with E-state index < -0.39 is 17.7 Å². The first-order chi connectivity index (χ1) is 16.5. The predicted octanol–water partition coefficient (Wildman–Crippen LogP) is 6.16. The summed E-state index contributed by atoms with van der Waals surface area (Å²) in [7, 11) is 0. The summed E-state index contributed by atoms with van der Waals surface area (Å²) in [5, 5.41) is 13.8. The molecule has 1 saturated heterocycles. The largest absolute Gasteiger partial charge is 0.507 e. The molecule has 1 aliphatic heterocycles. The van der Waals surface area contributed by atoms with E-state index in [1.165, 1.54) is 4.90 Å². The lowest BCUT2D eigenvalue weighted by Gasteiger charge is -2.25. The van der Waals surface area contributed by atoms with E-state index in [1.807, 2.05) is 36.4 Å². The van der Waals surface area contributed by atoms with Gasteiger partial charge in [-0.15, -0.1) is 0 Å². The highest BCUT2D eigenvalue weighted by molar-refractivity contribution is 6.47. The van der Waals surface area contributed by atoms with Crippen LogP contribution in [-0.2, 0) is 16.1 Å². The Balaban J connectivity index is 1.73. The van der Waals surface area contributed by atoms with Crippen LogP contribution in [0.3, 0.4) is 0 Å². The number of carbonyl (C=O) groups excluding carboxylic acids is 2. The van der Waals surface area contributed by atoms with Gasteiger partial charge in [0.25, 0.3) is 11.7 Å². The van der Waals surface area contributed by atoms with Crippen LogP contribution in [0.2, 0.25) is 10.0 Å². The van der Waals surface area contributed by atoms with Crippen molar-refractivity contribution in [3.63, 3.8) is 0 Å². The van der Waals surface area contributed by atoms with Gasteiger partial charge in [-0.3, -0.25) is 14.6 Å². The summed E-state index contributed by atoms with van der Waals surface area (Å²) < 4.78 is 0. The minimum Gasteiger partial charge on any atom is -0.507 e. The summed E-state index contributed by atoms with van der Waals surface area (Å²) in [6.45, 7) is 0.0860. The van der Waals surface area contributed by atoms with Gasteiger partial charge in [0, 0.05) is 11.8 Å². The Bertz CT molecular complexity index is 1460.